The predicted octanol–water partition coefficient (Wildman–Crippen LogP) is 3.60. The second-order valence-corrected chi connectivity index (χ2v) is 8.21. The van der Waals surface area contributed by atoms with Gasteiger partial charge in [0, 0.05) is 16.6 Å². The number of amides is 1. The molecule has 0 aliphatic heterocycles. The lowest BCUT2D eigenvalue weighted by Crippen LogP contribution is -2.40. The molecule has 0 unspecified atom stereocenters. The number of carbonyl (C=O) groups excluding carboxylic acids is 1. The molecule has 3 rings (SSSR count). The van der Waals surface area contributed by atoms with Gasteiger partial charge in [-0.15, -0.1) is 11.3 Å². The molecule has 20 heavy (non-hydrogen) atoms. The van der Waals surface area contributed by atoms with E-state index in [4.69, 9.17) is 12.2 Å². The van der Waals surface area contributed by atoms with Crippen LogP contribution in [0.2, 0.25) is 0 Å². The Morgan fingerprint density at radius 2 is 2.30 bits per heavy atom. The standard InChI is InChI=1S/C15H22N2OS2/c1-8(12-6-10-3-4-11(12)5-10)16-14(18)7-13-9(2)17-15(19)20-13/h8,10-12H,3-7H2,1-2H3,(H,16,18)(H,17,19)/t8-,10-,11-,12-/m0/s1. The molecule has 3 nitrogen and oxygen atoms in total. The van der Waals surface area contributed by atoms with Gasteiger partial charge in [0.05, 0.1) is 6.42 Å². The normalized spacial score (nSPS) is 29.6. The molecule has 1 aromatic rings. The Morgan fingerprint density at radius 1 is 1.50 bits per heavy atom. The third-order valence-corrected chi connectivity index (χ3v) is 6.40. The van der Waals surface area contributed by atoms with Crippen molar-refractivity contribution in [3.8, 4) is 0 Å². The van der Waals surface area contributed by atoms with E-state index in [0.29, 0.717) is 18.4 Å². The van der Waals surface area contributed by atoms with Crippen molar-refractivity contribution in [3.63, 3.8) is 0 Å². The topological polar surface area (TPSA) is 44.9 Å². The molecule has 2 saturated carbocycles. The SMILES string of the molecule is Cc1[nH]c(=S)sc1CC(=O)N[C@@H](C)[C@@H]1C[C@H]2CC[C@H]1C2. The fraction of sp³-hybridized carbons (Fsp3) is 0.733. The Bertz CT molecular complexity index is 562. The smallest absolute Gasteiger partial charge is 0.225 e. The second-order valence-electron chi connectivity index (χ2n) is 6.43. The van der Waals surface area contributed by atoms with Crippen LogP contribution >= 0.6 is 23.6 Å². The summed E-state index contributed by atoms with van der Waals surface area (Å²) < 4.78 is 0.756. The molecule has 2 N–H and O–H groups in total. The van der Waals surface area contributed by atoms with Crippen LogP contribution in [0.3, 0.4) is 0 Å². The highest BCUT2D eigenvalue weighted by Gasteiger charge is 2.42. The minimum Gasteiger partial charge on any atom is -0.353 e. The first-order chi connectivity index (χ1) is 9.52. The number of aromatic nitrogens is 1. The predicted molar refractivity (Wildman–Crippen MR) is 84.5 cm³/mol. The number of aryl methyl sites for hydroxylation is 1. The van der Waals surface area contributed by atoms with Crippen LogP contribution in [-0.2, 0) is 11.2 Å². The Kier molecular flexibility index (Phi) is 4.00. The Labute approximate surface area is 129 Å². The zero-order chi connectivity index (χ0) is 14.3. The van der Waals surface area contributed by atoms with Crippen molar-refractivity contribution in [1.82, 2.24) is 10.3 Å². The number of hydrogen-bond donors (Lipinski definition) is 2. The number of H-pyrrole nitrogens is 1. The zero-order valence-corrected chi connectivity index (χ0v) is 13.7. The van der Waals surface area contributed by atoms with Crippen LogP contribution in [0.5, 0.6) is 0 Å². The van der Waals surface area contributed by atoms with Crippen molar-refractivity contribution >= 4 is 29.5 Å². The van der Waals surface area contributed by atoms with E-state index < -0.39 is 0 Å². The summed E-state index contributed by atoms with van der Waals surface area (Å²) in [4.78, 5) is 16.4. The molecule has 2 aliphatic rings. The fourth-order valence-electron chi connectivity index (χ4n) is 4.07. The number of rotatable bonds is 4. The van der Waals surface area contributed by atoms with Gasteiger partial charge >= 0.3 is 0 Å². The molecule has 0 spiro atoms. The molecule has 0 aromatic carbocycles. The molecule has 2 fully saturated rings. The highest BCUT2D eigenvalue weighted by atomic mass is 32.1. The summed E-state index contributed by atoms with van der Waals surface area (Å²) in [5.41, 5.74) is 1.03. The lowest BCUT2D eigenvalue weighted by molar-refractivity contribution is -0.121. The van der Waals surface area contributed by atoms with Gasteiger partial charge in [0.2, 0.25) is 5.91 Å². The summed E-state index contributed by atoms with van der Waals surface area (Å²) >= 11 is 6.63. The van der Waals surface area contributed by atoms with E-state index in [-0.39, 0.29) is 5.91 Å². The number of thiazole rings is 1. The molecule has 1 heterocycles. The molecule has 0 radical (unpaired) electrons. The first-order valence-corrected chi connectivity index (χ1v) is 8.73. The van der Waals surface area contributed by atoms with Crippen LogP contribution < -0.4 is 5.32 Å². The van der Waals surface area contributed by atoms with Crippen molar-refractivity contribution in [2.75, 3.05) is 0 Å². The Morgan fingerprint density at radius 3 is 2.85 bits per heavy atom. The van der Waals surface area contributed by atoms with Gasteiger partial charge in [0.1, 0.15) is 0 Å². The third kappa shape index (κ3) is 2.84. The molecular weight excluding hydrogens is 288 g/mol. The summed E-state index contributed by atoms with van der Waals surface area (Å²) in [5.74, 6) is 2.62. The van der Waals surface area contributed by atoms with Gasteiger partial charge < -0.3 is 10.3 Å². The van der Waals surface area contributed by atoms with E-state index in [2.05, 4.69) is 17.2 Å². The summed E-state index contributed by atoms with van der Waals surface area (Å²) in [5, 5.41) is 3.21. The van der Waals surface area contributed by atoms with Crippen molar-refractivity contribution in [2.45, 2.75) is 52.0 Å². The van der Waals surface area contributed by atoms with Crippen molar-refractivity contribution in [1.29, 1.82) is 0 Å². The van der Waals surface area contributed by atoms with Crippen molar-refractivity contribution in [3.05, 3.63) is 14.5 Å². The molecular formula is C15H22N2OS2. The number of nitrogens with one attached hydrogen (secondary N) is 2. The number of aromatic amines is 1. The number of hydrogen-bond acceptors (Lipinski definition) is 3. The highest BCUT2D eigenvalue weighted by Crippen LogP contribution is 2.49. The van der Waals surface area contributed by atoms with Crippen LogP contribution in [0.15, 0.2) is 0 Å². The maximum Gasteiger partial charge on any atom is 0.225 e. The third-order valence-electron chi connectivity index (χ3n) is 5.07. The van der Waals surface area contributed by atoms with Crippen LogP contribution in [0.4, 0.5) is 0 Å². The molecule has 2 aliphatic carbocycles. The lowest BCUT2D eigenvalue weighted by Gasteiger charge is -2.28. The quantitative estimate of drug-likeness (QED) is 0.835. The maximum absolute atomic E-state index is 12.2. The van der Waals surface area contributed by atoms with Crippen LogP contribution in [0.1, 0.15) is 43.2 Å². The highest BCUT2D eigenvalue weighted by molar-refractivity contribution is 7.73. The van der Waals surface area contributed by atoms with Crippen LogP contribution in [-0.4, -0.2) is 16.9 Å². The minimum absolute atomic E-state index is 0.133. The average Bonchev–Trinajstić information content (AvgIpc) is 3.05. The molecule has 110 valence electrons. The average molecular weight is 310 g/mol. The van der Waals surface area contributed by atoms with E-state index in [1.165, 1.54) is 37.0 Å². The Hall–Kier alpha value is -0.680. The summed E-state index contributed by atoms with van der Waals surface area (Å²) in [6, 6.07) is 0.310. The first kappa shape index (κ1) is 14.3. The second kappa shape index (κ2) is 5.60. The van der Waals surface area contributed by atoms with E-state index in [1.54, 1.807) is 0 Å². The first-order valence-electron chi connectivity index (χ1n) is 7.51. The zero-order valence-electron chi connectivity index (χ0n) is 12.1. The minimum atomic E-state index is 0.133. The molecule has 5 heteroatoms. The van der Waals surface area contributed by atoms with Gasteiger partial charge in [-0.1, -0.05) is 6.42 Å². The molecule has 2 bridgehead atoms. The monoisotopic (exact) mass is 310 g/mol. The van der Waals surface area contributed by atoms with Crippen LogP contribution in [0.25, 0.3) is 0 Å². The van der Waals surface area contributed by atoms with Gasteiger partial charge in [-0.05, 0) is 63.1 Å². The molecule has 0 saturated heterocycles. The molecule has 1 aromatic heterocycles. The van der Waals surface area contributed by atoms with E-state index in [0.717, 1.165) is 26.4 Å². The lowest BCUT2D eigenvalue weighted by atomic mass is 9.84. The van der Waals surface area contributed by atoms with E-state index in [1.807, 2.05) is 6.92 Å². The van der Waals surface area contributed by atoms with Gasteiger partial charge in [0.15, 0.2) is 3.95 Å². The summed E-state index contributed by atoms with van der Waals surface area (Å²) in [6.07, 6.45) is 5.94. The number of fused-ring (bicyclic) bond motifs is 2. The van der Waals surface area contributed by atoms with Gasteiger partial charge in [-0.2, -0.15) is 0 Å². The van der Waals surface area contributed by atoms with Crippen molar-refractivity contribution in [2.24, 2.45) is 17.8 Å². The fourth-order valence-corrected chi connectivity index (χ4v) is 5.36. The molecule has 1 amide bonds. The summed E-state index contributed by atoms with van der Waals surface area (Å²) in [6.45, 7) is 4.16. The Balaban J connectivity index is 1.56. The molecule has 4 atom stereocenters. The van der Waals surface area contributed by atoms with E-state index in [9.17, 15) is 4.79 Å². The maximum atomic E-state index is 12.2. The number of carbonyl (C=O) groups is 1. The van der Waals surface area contributed by atoms with Gasteiger partial charge in [-0.25, -0.2) is 0 Å². The van der Waals surface area contributed by atoms with Gasteiger partial charge in [0.25, 0.3) is 0 Å². The van der Waals surface area contributed by atoms with Crippen molar-refractivity contribution < 1.29 is 4.79 Å². The largest absolute Gasteiger partial charge is 0.353 e. The van der Waals surface area contributed by atoms with Crippen LogP contribution in [0, 0.1) is 28.6 Å². The van der Waals surface area contributed by atoms with Gasteiger partial charge in [-0.3, -0.25) is 4.79 Å². The van der Waals surface area contributed by atoms with E-state index >= 15 is 0 Å². The summed E-state index contributed by atoms with van der Waals surface area (Å²) in [7, 11) is 0.